The van der Waals surface area contributed by atoms with E-state index in [1.165, 1.54) is 89.9 Å². The van der Waals surface area contributed by atoms with Crippen LogP contribution >= 0.6 is 7.82 Å². The van der Waals surface area contributed by atoms with Gasteiger partial charge in [0.2, 0.25) is 0 Å². The molecule has 0 aromatic heterocycles. The first kappa shape index (κ1) is 52.6. The third-order valence-corrected chi connectivity index (χ3v) is 11.3. The summed E-state index contributed by atoms with van der Waals surface area (Å²) >= 11 is 0. The van der Waals surface area contributed by atoms with Gasteiger partial charge >= 0.3 is 19.8 Å². The number of aliphatic hydroxyl groups is 5. The van der Waals surface area contributed by atoms with Gasteiger partial charge in [-0.05, 0) is 38.5 Å². The van der Waals surface area contributed by atoms with Crippen molar-refractivity contribution in [3.05, 3.63) is 12.2 Å². The second-order valence-corrected chi connectivity index (χ2v) is 17.0. The van der Waals surface area contributed by atoms with Crippen molar-refractivity contribution in [1.82, 2.24) is 0 Å². The summed E-state index contributed by atoms with van der Waals surface area (Å²) in [7, 11) is -5.11. The Balaban J connectivity index is 2.49. The van der Waals surface area contributed by atoms with Crippen molar-refractivity contribution in [3.63, 3.8) is 0 Å². The van der Waals surface area contributed by atoms with Crippen LogP contribution in [-0.4, -0.2) is 98.3 Å². The van der Waals surface area contributed by atoms with Gasteiger partial charge in [0.25, 0.3) is 0 Å². The van der Waals surface area contributed by atoms with Gasteiger partial charge in [-0.15, -0.1) is 0 Å². The van der Waals surface area contributed by atoms with Gasteiger partial charge in [0, 0.05) is 12.8 Å². The number of carbonyl (C=O) groups excluding carboxylic acids is 2. The molecule has 8 atom stereocenters. The molecule has 1 aliphatic carbocycles. The predicted octanol–water partition coefficient (Wildman–Crippen LogP) is 7.89. The number of esters is 2. The number of carbonyl (C=O) groups is 2. The van der Waals surface area contributed by atoms with E-state index in [9.17, 15) is 44.6 Å². The standard InChI is InChI=1S/C42H79O13P/c1-3-5-7-9-11-13-15-17-18-19-21-23-25-27-29-31-36(44)54-34(32-52-35(43)30-28-26-24-22-20-16-14-12-10-8-6-4-2)33-53-56(50,51)55-42-40(48)38(46)37(45)39(47)41(42)49/h17-18,34,37-42,45-49H,3-16,19-33H2,1-2H3,(H,50,51)/b18-17-/t34-,37?,38-,39+,40-,41-,42?/m1/s1. The van der Waals surface area contributed by atoms with Crippen LogP contribution in [0, 0.1) is 0 Å². The molecule has 330 valence electrons. The van der Waals surface area contributed by atoms with E-state index in [-0.39, 0.29) is 12.8 Å². The second kappa shape index (κ2) is 33.4. The van der Waals surface area contributed by atoms with E-state index in [4.69, 9.17) is 18.5 Å². The van der Waals surface area contributed by atoms with E-state index in [1.807, 2.05) is 0 Å². The number of phosphoric ester groups is 1. The van der Waals surface area contributed by atoms with Crippen molar-refractivity contribution in [1.29, 1.82) is 0 Å². The maximum absolute atomic E-state index is 12.8. The number of hydrogen-bond donors (Lipinski definition) is 6. The van der Waals surface area contributed by atoms with Crippen LogP contribution < -0.4 is 0 Å². The highest BCUT2D eigenvalue weighted by molar-refractivity contribution is 7.47. The molecule has 1 saturated carbocycles. The Bertz CT molecular complexity index is 1040. The molecule has 0 aromatic carbocycles. The first-order chi connectivity index (χ1) is 26.9. The van der Waals surface area contributed by atoms with Crippen LogP contribution in [0.1, 0.15) is 187 Å². The fourth-order valence-electron chi connectivity index (χ4n) is 6.75. The molecule has 0 heterocycles. The van der Waals surface area contributed by atoms with Crippen LogP contribution in [0.3, 0.4) is 0 Å². The molecule has 14 heteroatoms. The molecule has 0 saturated heterocycles. The predicted molar refractivity (Wildman–Crippen MR) is 217 cm³/mol. The number of aliphatic hydroxyl groups excluding tert-OH is 5. The minimum Gasteiger partial charge on any atom is -0.462 e. The molecule has 0 bridgehead atoms. The smallest absolute Gasteiger partial charge is 0.462 e. The Morgan fingerprint density at radius 3 is 1.36 bits per heavy atom. The van der Waals surface area contributed by atoms with Gasteiger partial charge in [0.15, 0.2) is 6.10 Å². The minimum atomic E-state index is -5.11. The summed E-state index contributed by atoms with van der Waals surface area (Å²) in [5.74, 6) is -1.10. The Morgan fingerprint density at radius 2 is 0.911 bits per heavy atom. The van der Waals surface area contributed by atoms with E-state index >= 15 is 0 Å². The van der Waals surface area contributed by atoms with E-state index < -0.39 is 75.7 Å². The lowest BCUT2D eigenvalue weighted by Gasteiger charge is -2.41. The molecule has 0 aliphatic heterocycles. The third-order valence-electron chi connectivity index (χ3n) is 10.4. The highest BCUT2D eigenvalue weighted by atomic mass is 31.2. The van der Waals surface area contributed by atoms with Crippen LogP contribution in [0.25, 0.3) is 0 Å². The van der Waals surface area contributed by atoms with Crippen LogP contribution in [0.2, 0.25) is 0 Å². The zero-order valence-corrected chi connectivity index (χ0v) is 35.6. The van der Waals surface area contributed by atoms with E-state index in [0.29, 0.717) is 12.8 Å². The zero-order valence-electron chi connectivity index (χ0n) is 34.7. The average Bonchev–Trinajstić information content (AvgIpc) is 3.18. The first-order valence-electron chi connectivity index (χ1n) is 22.0. The number of phosphoric acid groups is 1. The Labute approximate surface area is 337 Å². The van der Waals surface area contributed by atoms with Crippen LogP contribution in [0.15, 0.2) is 12.2 Å². The highest BCUT2D eigenvalue weighted by Crippen LogP contribution is 2.47. The fraction of sp³-hybridized carbons (Fsp3) is 0.905. The quantitative estimate of drug-likeness (QED) is 0.0154. The molecule has 13 nitrogen and oxygen atoms in total. The van der Waals surface area contributed by atoms with Crippen molar-refractivity contribution in [2.24, 2.45) is 0 Å². The van der Waals surface area contributed by atoms with Gasteiger partial charge < -0.3 is 39.9 Å². The average molecular weight is 823 g/mol. The summed E-state index contributed by atoms with van der Waals surface area (Å²) in [6.07, 6.45) is 19.9. The summed E-state index contributed by atoms with van der Waals surface area (Å²) in [6, 6.07) is 0. The maximum atomic E-state index is 12.8. The second-order valence-electron chi connectivity index (χ2n) is 15.6. The van der Waals surface area contributed by atoms with Crippen LogP contribution in [0.5, 0.6) is 0 Å². The molecule has 1 rings (SSSR count). The molecule has 0 aromatic rings. The Hall–Kier alpha value is -1.41. The first-order valence-corrected chi connectivity index (χ1v) is 23.5. The molecule has 56 heavy (non-hydrogen) atoms. The third kappa shape index (κ3) is 25.8. The van der Waals surface area contributed by atoms with Crippen LogP contribution in [0.4, 0.5) is 0 Å². The monoisotopic (exact) mass is 823 g/mol. The summed E-state index contributed by atoms with van der Waals surface area (Å²) in [5.41, 5.74) is 0. The summed E-state index contributed by atoms with van der Waals surface area (Å²) in [6.45, 7) is 3.28. The lowest BCUT2D eigenvalue weighted by Crippen LogP contribution is -2.64. The summed E-state index contributed by atoms with van der Waals surface area (Å²) in [5, 5.41) is 50.0. The molecule has 0 spiro atoms. The van der Waals surface area contributed by atoms with Crippen molar-refractivity contribution >= 4 is 19.8 Å². The minimum absolute atomic E-state index is 0.0906. The van der Waals surface area contributed by atoms with Gasteiger partial charge in [-0.25, -0.2) is 4.57 Å². The number of rotatable bonds is 36. The molecule has 0 radical (unpaired) electrons. The number of unbranched alkanes of at least 4 members (excludes halogenated alkanes) is 22. The van der Waals surface area contributed by atoms with Gasteiger partial charge in [-0.1, -0.05) is 148 Å². The SMILES string of the molecule is CCCCCCCC/C=C\CCCCCCCC(=O)O[C@H](COC(=O)CCCCCCCCCCCCCC)COP(=O)(O)OC1[C@H](O)[C@H](O)C(O)[C@H](O)[C@H]1O. The van der Waals surface area contributed by atoms with E-state index in [0.717, 1.165) is 57.8 Å². The molecular weight excluding hydrogens is 743 g/mol. The number of allylic oxidation sites excluding steroid dienone is 2. The fourth-order valence-corrected chi connectivity index (χ4v) is 7.73. The summed E-state index contributed by atoms with van der Waals surface area (Å²) < 4.78 is 33.4. The van der Waals surface area contributed by atoms with Crippen LogP contribution in [-0.2, 0) is 32.7 Å². The topological polar surface area (TPSA) is 210 Å². The zero-order chi connectivity index (χ0) is 41.4. The molecule has 1 aliphatic rings. The van der Waals surface area contributed by atoms with Crippen molar-refractivity contribution < 1.29 is 63.1 Å². The molecule has 6 N–H and O–H groups in total. The Morgan fingerprint density at radius 1 is 0.536 bits per heavy atom. The molecule has 0 amide bonds. The van der Waals surface area contributed by atoms with Gasteiger partial charge in [-0.2, -0.15) is 0 Å². The number of ether oxygens (including phenoxy) is 2. The lowest BCUT2D eigenvalue weighted by atomic mass is 9.85. The summed E-state index contributed by atoms with van der Waals surface area (Å²) in [4.78, 5) is 35.6. The Kier molecular flexibility index (Phi) is 31.4. The van der Waals surface area contributed by atoms with Crippen molar-refractivity contribution in [2.75, 3.05) is 13.2 Å². The lowest BCUT2D eigenvalue weighted by molar-refractivity contribution is -0.220. The van der Waals surface area contributed by atoms with E-state index in [1.54, 1.807) is 0 Å². The van der Waals surface area contributed by atoms with Crippen molar-refractivity contribution in [3.8, 4) is 0 Å². The molecular formula is C42H79O13P. The normalized spacial score (nSPS) is 22.9. The van der Waals surface area contributed by atoms with Crippen molar-refractivity contribution in [2.45, 2.75) is 230 Å². The van der Waals surface area contributed by atoms with E-state index in [2.05, 4.69) is 26.0 Å². The number of hydrogen-bond acceptors (Lipinski definition) is 12. The maximum Gasteiger partial charge on any atom is 0.472 e. The van der Waals surface area contributed by atoms with Gasteiger partial charge in [0.05, 0.1) is 6.61 Å². The van der Waals surface area contributed by atoms with Gasteiger partial charge in [-0.3, -0.25) is 18.6 Å². The molecule has 3 unspecified atom stereocenters. The highest BCUT2D eigenvalue weighted by Gasteiger charge is 2.51. The largest absolute Gasteiger partial charge is 0.472 e. The molecule has 1 fully saturated rings. The van der Waals surface area contributed by atoms with Gasteiger partial charge in [0.1, 0.15) is 43.2 Å².